The number of alkyl halides is 1. The van der Waals surface area contributed by atoms with Gasteiger partial charge in [-0.2, -0.15) is 0 Å². The van der Waals surface area contributed by atoms with Crippen LogP contribution in [-0.2, 0) is 4.74 Å². The third-order valence-corrected chi connectivity index (χ3v) is 1.74. The molecule has 0 saturated carbocycles. The van der Waals surface area contributed by atoms with Gasteiger partial charge < -0.3 is 20.1 Å². The fourth-order valence-corrected chi connectivity index (χ4v) is 0.951. The topological polar surface area (TPSA) is 69.9 Å². The summed E-state index contributed by atoms with van der Waals surface area (Å²) in [6.07, 6.45) is -4.62. The van der Waals surface area contributed by atoms with Crippen molar-refractivity contribution in [2.45, 2.75) is 31.1 Å². The molecular weight excluding hydrogens is 155 g/mol. The zero-order valence-corrected chi connectivity index (χ0v) is 5.77. The van der Waals surface area contributed by atoms with E-state index in [1.54, 1.807) is 0 Å². The average molecular weight is 167 g/mol. The predicted octanol–water partition coefficient (Wildman–Crippen LogP) is -1.22. The Morgan fingerprint density at radius 3 is 2.64 bits per heavy atom. The molecule has 1 heterocycles. The molecule has 0 aromatic heterocycles. The molecule has 0 bridgehead atoms. The Kier molecular flexibility index (Phi) is 1.80. The van der Waals surface area contributed by atoms with E-state index in [2.05, 4.69) is 4.74 Å². The normalized spacial score (nSPS) is 52.7. The van der Waals surface area contributed by atoms with E-state index in [9.17, 15) is 4.39 Å². The van der Waals surface area contributed by atoms with Crippen LogP contribution in [0.25, 0.3) is 0 Å². The molecule has 4 atom stereocenters. The van der Waals surface area contributed by atoms with E-state index in [0.717, 1.165) is 0 Å². The molecule has 1 aliphatic heterocycles. The van der Waals surface area contributed by atoms with Gasteiger partial charge in [0.1, 0.15) is 12.2 Å². The highest BCUT2D eigenvalue weighted by Crippen LogP contribution is 2.32. The first-order valence-corrected chi connectivity index (χ1v) is 3.17. The second-order valence-corrected chi connectivity index (χ2v) is 2.58. The minimum Gasteiger partial charge on any atom is -0.394 e. The Hall–Kier alpha value is -0.230. The summed E-state index contributed by atoms with van der Waals surface area (Å²) in [4.78, 5) is 0. The maximum atomic E-state index is 13.3. The summed E-state index contributed by atoms with van der Waals surface area (Å²) in [5, 5.41) is 26.6. The van der Waals surface area contributed by atoms with Crippen LogP contribution in [-0.4, -0.2) is 46.1 Å². The first-order chi connectivity index (χ1) is 5.56. The third kappa shape index (κ3) is 1.24. The Labute approximate surface area is 64.6 Å². The fraction of sp³-hybridized carbons (Fsp3) is 1.00. The lowest BCUT2D eigenvalue weighted by atomic mass is 10.0. The maximum Gasteiger partial charge on any atom is 0.192 e. The lowest BCUT2D eigenvalue weighted by Crippen LogP contribution is -2.41. The number of hydrogen-bond donors (Lipinski definition) is 3. The summed E-state index contributed by atoms with van der Waals surface area (Å²) in [5.74, 6) is 0. The monoisotopic (exact) mass is 167 g/mol. The number of ether oxygens (including phenoxy) is 1. The summed E-state index contributed by atoms with van der Waals surface area (Å²) >= 11 is 0. The average Bonchev–Trinajstić information content (AvgIpc) is 2.30. The van der Waals surface area contributed by atoms with Gasteiger partial charge in [0.15, 0.2) is 12.0 Å². The Bertz CT molecular complexity index is 170. The van der Waals surface area contributed by atoms with Gasteiger partial charge in [-0.15, -0.1) is 0 Å². The van der Waals surface area contributed by atoms with Gasteiger partial charge in [0.05, 0.1) is 6.61 Å². The number of aliphatic hydroxyl groups excluding tert-OH is 3. The van der Waals surface area contributed by atoms with Crippen LogP contribution in [0.1, 0.15) is 8.27 Å². The van der Waals surface area contributed by atoms with Gasteiger partial charge >= 0.3 is 0 Å². The van der Waals surface area contributed by atoms with Crippen molar-refractivity contribution in [3.63, 3.8) is 0 Å². The van der Waals surface area contributed by atoms with E-state index in [1.165, 1.54) is 0 Å². The molecule has 1 fully saturated rings. The van der Waals surface area contributed by atoms with Gasteiger partial charge in [-0.05, 0) is 6.90 Å². The molecule has 0 aliphatic carbocycles. The summed E-state index contributed by atoms with van der Waals surface area (Å²) in [7, 11) is 0. The van der Waals surface area contributed by atoms with Crippen LogP contribution < -0.4 is 0 Å². The van der Waals surface area contributed by atoms with E-state index in [-0.39, 0.29) is 0 Å². The number of halogens is 1. The predicted molar refractivity (Wildman–Crippen MR) is 33.5 cm³/mol. The first-order valence-electron chi connectivity index (χ1n) is 3.87. The zero-order chi connectivity index (χ0) is 9.35. The molecule has 4 nitrogen and oxygen atoms in total. The first kappa shape index (κ1) is 7.42. The van der Waals surface area contributed by atoms with E-state index >= 15 is 0 Å². The van der Waals surface area contributed by atoms with Gasteiger partial charge in [-0.25, -0.2) is 4.39 Å². The molecule has 66 valence electrons. The lowest BCUT2D eigenvalue weighted by Gasteiger charge is -2.19. The standard InChI is InChI=1S/C6H11FO4/c1-6(7)4(9)3(2-8)11-5(6)10/h3-5,8-10H,2H2,1H3/t3-,4-,5?,6-/m1/s1/i1D. The number of aliphatic hydroxyl groups is 3. The van der Waals surface area contributed by atoms with Crippen molar-refractivity contribution in [1.82, 2.24) is 0 Å². The quantitative estimate of drug-likeness (QED) is 0.458. The summed E-state index contributed by atoms with van der Waals surface area (Å²) < 4.78 is 24.6. The van der Waals surface area contributed by atoms with Crippen LogP contribution in [0, 0.1) is 0 Å². The van der Waals surface area contributed by atoms with Crippen molar-refractivity contribution < 1.29 is 25.8 Å². The molecule has 1 rings (SSSR count). The minimum absolute atomic E-state index is 0.579. The van der Waals surface area contributed by atoms with Crippen molar-refractivity contribution in [2.24, 2.45) is 0 Å². The Morgan fingerprint density at radius 2 is 2.36 bits per heavy atom. The molecule has 5 heteroatoms. The van der Waals surface area contributed by atoms with Crippen LogP contribution in [0.15, 0.2) is 0 Å². The van der Waals surface area contributed by atoms with Crippen LogP contribution in [0.4, 0.5) is 4.39 Å². The van der Waals surface area contributed by atoms with E-state index in [0.29, 0.717) is 0 Å². The van der Waals surface area contributed by atoms with Gasteiger partial charge in [-0.1, -0.05) is 0 Å². The van der Waals surface area contributed by atoms with Gasteiger partial charge in [0, 0.05) is 1.37 Å². The molecule has 1 unspecified atom stereocenters. The largest absolute Gasteiger partial charge is 0.394 e. The van der Waals surface area contributed by atoms with Crippen molar-refractivity contribution in [3.05, 3.63) is 0 Å². The second kappa shape index (κ2) is 2.67. The smallest absolute Gasteiger partial charge is 0.192 e. The highest BCUT2D eigenvalue weighted by atomic mass is 19.1. The highest BCUT2D eigenvalue weighted by molar-refractivity contribution is 4.96. The lowest BCUT2D eigenvalue weighted by molar-refractivity contribution is -0.143. The van der Waals surface area contributed by atoms with E-state index in [4.69, 9.17) is 16.7 Å². The molecule has 3 N–H and O–H groups in total. The molecular formula is C6H11FO4. The maximum absolute atomic E-state index is 13.3. The Morgan fingerprint density at radius 1 is 1.73 bits per heavy atom. The third-order valence-electron chi connectivity index (χ3n) is 1.74. The summed E-state index contributed by atoms with van der Waals surface area (Å²) in [5.41, 5.74) is -2.48. The van der Waals surface area contributed by atoms with Crippen molar-refractivity contribution in [3.8, 4) is 0 Å². The van der Waals surface area contributed by atoms with Crippen LogP contribution in [0.3, 0.4) is 0 Å². The van der Waals surface area contributed by atoms with Gasteiger partial charge in [0.2, 0.25) is 0 Å². The van der Waals surface area contributed by atoms with Crippen LogP contribution >= 0.6 is 0 Å². The molecule has 1 aliphatic rings. The van der Waals surface area contributed by atoms with E-state index in [1.807, 2.05) is 0 Å². The number of rotatable bonds is 1. The second-order valence-electron chi connectivity index (χ2n) is 2.58. The molecule has 0 amide bonds. The summed E-state index contributed by atoms with van der Waals surface area (Å²) in [6.45, 7) is -1.38. The van der Waals surface area contributed by atoms with Crippen LogP contribution in [0.5, 0.6) is 0 Å². The minimum atomic E-state index is -2.48. The molecule has 0 spiro atoms. The molecule has 0 radical (unpaired) electrons. The molecule has 0 aromatic carbocycles. The van der Waals surface area contributed by atoms with Crippen molar-refractivity contribution in [1.29, 1.82) is 0 Å². The number of hydrogen-bond acceptors (Lipinski definition) is 4. The highest BCUT2D eigenvalue weighted by Gasteiger charge is 2.53. The Balaban J connectivity index is 2.76. The summed E-state index contributed by atoms with van der Waals surface area (Å²) in [6, 6.07) is 0. The van der Waals surface area contributed by atoms with E-state index < -0.39 is 37.7 Å². The molecule has 0 aromatic rings. The fourth-order valence-electron chi connectivity index (χ4n) is 0.951. The van der Waals surface area contributed by atoms with Crippen molar-refractivity contribution >= 4 is 0 Å². The van der Waals surface area contributed by atoms with Gasteiger partial charge in [0.25, 0.3) is 0 Å². The molecule has 11 heavy (non-hydrogen) atoms. The van der Waals surface area contributed by atoms with Crippen LogP contribution in [0.2, 0.25) is 0 Å². The zero-order valence-electron chi connectivity index (χ0n) is 6.77. The molecule has 1 saturated heterocycles. The van der Waals surface area contributed by atoms with Gasteiger partial charge in [-0.3, -0.25) is 0 Å². The SMILES string of the molecule is [2H]C[C@]1(F)C(O)O[C@H](CO)[C@H]1O. The van der Waals surface area contributed by atoms with Crippen molar-refractivity contribution in [2.75, 3.05) is 6.61 Å².